The van der Waals surface area contributed by atoms with Crippen LogP contribution in [0.25, 0.3) is 0 Å². The molecular formula is C14H28N2O3. The molecule has 5 heteroatoms. The van der Waals surface area contributed by atoms with Crippen molar-refractivity contribution in [1.29, 1.82) is 0 Å². The maximum atomic E-state index is 11.9. The number of hydrogen-bond donors (Lipinski definition) is 1. The van der Waals surface area contributed by atoms with Gasteiger partial charge in [-0.2, -0.15) is 0 Å². The number of carbonyl (C=O) groups excluding carboxylic acids is 1. The predicted octanol–water partition coefficient (Wildman–Crippen LogP) is 0.886. The summed E-state index contributed by atoms with van der Waals surface area (Å²) in [6.07, 6.45) is 2.22. The Labute approximate surface area is 116 Å². The monoisotopic (exact) mass is 272 g/mol. The minimum absolute atomic E-state index is 0.201. The van der Waals surface area contributed by atoms with Crippen LogP contribution in [0.4, 0.5) is 0 Å². The summed E-state index contributed by atoms with van der Waals surface area (Å²) < 4.78 is 10.3. The Morgan fingerprint density at radius 3 is 2.63 bits per heavy atom. The number of carbonyl (C=O) groups is 1. The molecule has 0 aromatic heterocycles. The molecule has 0 aromatic carbocycles. The van der Waals surface area contributed by atoms with E-state index in [1.54, 1.807) is 0 Å². The van der Waals surface area contributed by atoms with Gasteiger partial charge in [0.15, 0.2) is 0 Å². The van der Waals surface area contributed by atoms with Crippen molar-refractivity contribution in [2.45, 2.75) is 32.2 Å². The van der Waals surface area contributed by atoms with Crippen LogP contribution in [-0.2, 0) is 14.3 Å². The fraction of sp³-hybridized carbons (Fsp3) is 0.929. The second-order valence-electron chi connectivity index (χ2n) is 5.61. The molecule has 0 aromatic rings. The Hall–Kier alpha value is -0.650. The van der Waals surface area contributed by atoms with Crippen molar-refractivity contribution in [3.8, 4) is 0 Å². The van der Waals surface area contributed by atoms with Gasteiger partial charge in [-0.05, 0) is 39.3 Å². The first-order chi connectivity index (χ1) is 9.01. The number of nitrogens with one attached hydrogen (secondary N) is 1. The van der Waals surface area contributed by atoms with Gasteiger partial charge in [-0.1, -0.05) is 6.92 Å². The molecule has 1 atom stereocenters. The van der Waals surface area contributed by atoms with Crippen molar-refractivity contribution >= 4 is 5.97 Å². The van der Waals surface area contributed by atoms with E-state index >= 15 is 0 Å². The Balaban J connectivity index is 2.50. The van der Waals surface area contributed by atoms with Crippen molar-refractivity contribution in [2.24, 2.45) is 5.92 Å². The predicted molar refractivity (Wildman–Crippen MR) is 75.1 cm³/mol. The van der Waals surface area contributed by atoms with E-state index in [9.17, 15) is 4.79 Å². The standard InChI is InChI=1S/C14H28N2O3/c1-5-15-14(2,13(17)18-4)11-16(3)10-12-6-8-19-9-7-12/h12,15H,5-11H2,1-4H3. The highest BCUT2D eigenvalue weighted by Gasteiger charge is 2.35. The van der Waals surface area contributed by atoms with Gasteiger partial charge < -0.3 is 19.7 Å². The smallest absolute Gasteiger partial charge is 0.327 e. The molecular weight excluding hydrogens is 244 g/mol. The average Bonchev–Trinajstić information content (AvgIpc) is 2.38. The number of nitrogens with zero attached hydrogens (tertiary/aromatic N) is 1. The minimum atomic E-state index is -0.635. The van der Waals surface area contributed by atoms with Crippen molar-refractivity contribution in [3.63, 3.8) is 0 Å². The lowest BCUT2D eigenvalue weighted by atomic mass is 9.97. The van der Waals surface area contributed by atoms with Gasteiger partial charge in [0.2, 0.25) is 0 Å². The molecule has 1 aliphatic rings. The first-order valence-corrected chi connectivity index (χ1v) is 7.11. The topological polar surface area (TPSA) is 50.8 Å². The summed E-state index contributed by atoms with van der Waals surface area (Å²) in [5, 5.41) is 3.24. The summed E-state index contributed by atoms with van der Waals surface area (Å²) in [5.41, 5.74) is -0.635. The van der Waals surface area contributed by atoms with Gasteiger partial charge in [0, 0.05) is 26.3 Å². The third-order valence-corrected chi connectivity index (χ3v) is 3.70. The van der Waals surface area contributed by atoms with Crippen molar-refractivity contribution < 1.29 is 14.3 Å². The number of esters is 1. The number of likely N-dealkylation sites (N-methyl/N-ethyl adjacent to an activating group) is 2. The summed E-state index contributed by atoms with van der Waals surface area (Å²) in [6.45, 7) is 8.03. The Kier molecular flexibility index (Phi) is 6.75. The highest BCUT2D eigenvalue weighted by Crippen LogP contribution is 2.17. The summed E-state index contributed by atoms with van der Waals surface area (Å²) in [7, 11) is 3.50. The number of rotatable bonds is 7. The molecule has 1 aliphatic heterocycles. The Morgan fingerprint density at radius 1 is 1.47 bits per heavy atom. The molecule has 0 aliphatic carbocycles. The highest BCUT2D eigenvalue weighted by atomic mass is 16.5. The summed E-state index contributed by atoms with van der Waals surface area (Å²) in [4.78, 5) is 14.1. The van der Waals surface area contributed by atoms with Gasteiger partial charge in [-0.3, -0.25) is 4.79 Å². The van der Waals surface area contributed by atoms with Crippen LogP contribution in [-0.4, -0.2) is 63.4 Å². The molecule has 0 amide bonds. The molecule has 1 unspecified atom stereocenters. The van der Waals surface area contributed by atoms with E-state index in [1.807, 2.05) is 13.8 Å². The van der Waals surface area contributed by atoms with Gasteiger partial charge in [-0.15, -0.1) is 0 Å². The van der Waals surface area contributed by atoms with E-state index in [0.29, 0.717) is 12.5 Å². The molecule has 1 fully saturated rings. The number of hydrogen-bond acceptors (Lipinski definition) is 5. The van der Waals surface area contributed by atoms with Gasteiger partial charge in [-0.25, -0.2) is 0 Å². The van der Waals surface area contributed by atoms with E-state index in [4.69, 9.17) is 9.47 Å². The Morgan fingerprint density at radius 2 is 2.11 bits per heavy atom. The summed E-state index contributed by atoms with van der Waals surface area (Å²) >= 11 is 0. The second-order valence-corrected chi connectivity index (χ2v) is 5.61. The highest BCUT2D eigenvalue weighted by molar-refractivity contribution is 5.80. The van der Waals surface area contributed by atoms with Crippen LogP contribution < -0.4 is 5.32 Å². The first kappa shape index (κ1) is 16.4. The minimum Gasteiger partial charge on any atom is -0.468 e. The quantitative estimate of drug-likeness (QED) is 0.697. The third kappa shape index (κ3) is 5.09. The largest absolute Gasteiger partial charge is 0.468 e. The lowest BCUT2D eigenvalue weighted by Gasteiger charge is -2.34. The normalized spacial score (nSPS) is 20.3. The Bertz CT molecular complexity index is 280. The van der Waals surface area contributed by atoms with Crippen LogP contribution in [0.3, 0.4) is 0 Å². The van der Waals surface area contributed by atoms with E-state index in [0.717, 1.165) is 39.1 Å². The number of methoxy groups -OCH3 is 1. The van der Waals surface area contributed by atoms with E-state index < -0.39 is 5.54 Å². The van der Waals surface area contributed by atoms with E-state index in [-0.39, 0.29) is 5.97 Å². The van der Waals surface area contributed by atoms with Crippen LogP contribution in [0, 0.1) is 5.92 Å². The van der Waals surface area contributed by atoms with E-state index in [1.165, 1.54) is 7.11 Å². The molecule has 0 bridgehead atoms. The van der Waals surface area contributed by atoms with Crippen LogP contribution in [0.2, 0.25) is 0 Å². The molecule has 112 valence electrons. The lowest BCUT2D eigenvalue weighted by Crippen LogP contribution is -2.57. The van der Waals surface area contributed by atoms with Crippen LogP contribution >= 0.6 is 0 Å². The fourth-order valence-electron chi connectivity index (χ4n) is 2.78. The van der Waals surface area contributed by atoms with Crippen molar-refractivity contribution in [3.05, 3.63) is 0 Å². The van der Waals surface area contributed by atoms with Gasteiger partial charge >= 0.3 is 5.97 Å². The number of ether oxygens (including phenoxy) is 2. The fourth-order valence-corrected chi connectivity index (χ4v) is 2.78. The zero-order valence-corrected chi connectivity index (χ0v) is 12.7. The molecule has 0 spiro atoms. The van der Waals surface area contributed by atoms with Gasteiger partial charge in [0.05, 0.1) is 7.11 Å². The second kappa shape index (κ2) is 7.82. The lowest BCUT2D eigenvalue weighted by molar-refractivity contribution is -0.148. The summed E-state index contributed by atoms with van der Waals surface area (Å²) in [5.74, 6) is 0.468. The summed E-state index contributed by atoms with van der Waals surface area (Å²) in [6, 6.07) is 0. The molecule has 5 nitrogen and oxygen atoms in total. The van der Waals surface area contributed by atoms with Gasteiger partial charge in [0.1, 0.15) is 5.54 Å². The molecule has 1 heterocycles. The zero-order chi connectivity index (χ0) is 14.3. The third-order valence-electron chi connectivity index (χ3n) is 3.70. The van der Waals surface area contributed by atoms with Crippen molar-refractivity contribution in [1.82, 2.24) is 10.2 Å². The van der Waals surface area contributed by atoms with Crippen LogP contribution in [0.5, 0.6) is 0 Å². The van der Waals surface area contributed by atoms with Crippen LogP contribution in [0.15, 0.2) is 0 Å². The van der Waals surface area contributed by atoms with Crippen molar-refractivity contribution in [2.75, 3.05) is 47.0 Å². The molecule has 1 rings (SSSR count). The van der Waals surface area contributed by atoms with E-state index in [2.05, 4.69) is 17.3 Å². The maximum Gasteiger partial charge on any atom is 0.327 e. The molecule has 0 radical (unpaired) electrons. The molecule has 0 saturated carbocycles. The SMILES string of the molecule is CCNC(C)(CN(C)CC1CCOCC1)C(=O)OC. The van der Waals surface area contributed by atoms with Gasteiger partial charge in [0.25, 0.3) is 0 Å². The van der Waals surface area contributed by atoms with Crippen LogP contribution in [0.1, 0.15) is 26.7 Å². The first-order valence-electron chi connectivity index (χ1n) is 7.11. The average molecular weight is 272 g/mol. The molecule has 19 heavy (non-hydrogen) atoms. The molecule has 1 saturated heterocycles. The zero-order valence-electron chi connectivity index (χ0n) is 12.7. The molecule has 1 N–H and O–H groups in total. The maximum absolute atomic E-state index is 11.9.